The maximum Gasteiger partial charge on any atom is 0.157 e. The number of nitrogens with zero attached hydrogens (tertiary/aromatic N) is 4. The van der Waals surface area contributed by atoms with E-state index in [1.165, 1.54) is 19.3 Å². The van der Waals surface area contributed by atoms with Gasteiger partial charge in [0.15, 0.2) is 11.6 Å². The van der Waals surface area contributed by atoms with Crippen LogP contribution in [0.2, 0.25) is 0 Å². The van der Waals surface area contributed by atoms with Gasteiger partial charge in [0.2, 0.25) is 0 Å². The zero-order chi connectivity index (χ0) is 14.5. The van der Waals surface area contributed by atoms with Crippen LogP contribution in [0.15, 0.2) is 6.33 Å². The predicted octanol–water partition coefficient (Wildman–Crippen LogP) is 2.53. The van der Waals surface area contributed by atoms with Gasteiger partial charge in [0.1, 0.15) is 12.0 Å². The van der Waals surface area contributed by atoms with Gasteiger partial charge >= 0.3 is 0 Å². The van der Waals surface area contributed by atoms with Gasteiger partial charge in [-0.2, -0.15) is 0 Å². The molecule has 2 N–H and O–H groups in total. The van der Waals surface area contributed by atoms with Crippen LogP contribution in [0.5, 0.6) is 0 Å². The molecule has 5 nitrogen and oxygen atoms in total. The number of anilines is 3. The summed E-state index contributed by atoms with van der Waals surface area (Å²) in [5.41, 5.74) is 7.04. The van der Waals surface area contributed by atoms with Crippen LogP contribution >= 0.6 is 0 Å². The Kier molecular flexibility index (Phi) is 5.04. The molecule has 0 aliphatic carbocycles. The van der Waals surface area contributed by atoms with Crippen LogP contribution in [0.25, 0.3) is 0 Å². The van der Waals surface area contributed by atoms with E-state index in [4.69, 9.17) is 5.73 Å². The average Bonchev–Trinajstić information content (AvgIpc) is 2.46. The average molecular weight is 277 g/mol. The van der Waals surface area contributed by atoms with Gasteiger partial charge in [0, 0.05) is 26.7 Å². The third kappa shape index (κ3) is 3.32. The Bertz CT molecular complexity index is 426. The van der Waals surface area contributed by atoms with Crippen LogP contribution in [0.4, 0.5) is 17.3 Å². The van der Waals surface area contributed by atoms with Gasteiger partial charge in [-0.25, -0.2) is 9.97 Å². The molecule has 112 valence electrons. The fraction of sp³-hybridized carbons (Fsp3) is 0.733. The number of nitrogens with two attached hydrogens (primary N) is 1. The van der Waals surface area contributed by atoms with E-state index in [1.54, 1.807) is 6.33 Å². The highest BCUT2D eigenvalue weighted by molar-refractivity contribution is 5.75. The van der Waals surface area contributed by atoms with Gasteiger partial charge in [-0.15, -0.1) is 0 Å². The molecular formula is C15H27N5. The number of nitrogen functional groups attached to an aromatic ring is 1. The molecule has 0 saturated carbocycles. The second-order valence-corrected chi connectivity index (χ2v) is 5.88. The molecule has 2 rings (SSSR count). The molecule has 0 spiro atoms. The molecule has 1 saturated heterocycles. The third-order valence-electron chi connectivity index (χ3n) is 4.13. The van der Waals surface area contributed by atoms with Crippen molar-refractivity contribution in [1.29, 1.82) is 0 Å². The molecule has 0 amide bonds. The highest BCUT2D eigenvalue weighted by Crippen LogP contribution is 2.31. The Morgan fingerprint density at radius 1 is 1.35 bits per heavy atom. The zero-order valence-corrected chi connectivity index (χ0v) is 13.0. The van der Waals surface area contributed by atoms with Crippen molar-refractivity contribution >= 4 is 17.3 Å². The number of piperidine rings is 1. The minimum Gasteiger partial charge on any atom is -0.393 e. The zero-order valence-electron chi connectivity index (χ0n) is 13.0. The van der Waals surface area contributed by atoms with Crippen LogP contribution in [0, 0.1) is 5.92 Å². The minimum atomic E-state index is 0.723. The van der Waals surface area contributed by atoms with Gasteiger partial charge in [-0.05, 0) is 25.2 Å². The van der Waals surface area contributed by atoms with Gasteiger partial charge in [-0.3, -0.25) is 0 Å². The van der Waals surface area contributed by atoms with Crippen molar-refractivity contribution in [2.24, 2.45) is 5.92 Å². The van der Waals surface area contributed by atoms with Gasteiger partial charge < -0.3 is 15.5 Å². The second-order valence-electron chi connectivity index (χ2n) is 5.88. The van der Waals surface area contributed by atoms with Gasteiger partial charge in [-0.1, -0.05) is 20.3 Å². The van der Waals surface area contributed by atoms with E-state index in [0.29, 0.717) is 0 Å². The summed E-state index contributed by atoms with van der Waals surface area (Å²) < 4.78 is 0. The number of rotatable bonds is 5. The van der Waals surface area contributed by atoms with E-state index < -0.39 is 0 Å². The summed E-state index contributed by atoms with van der Waals surface area (Å²) in [4.78, 5) is 13.2. The maximum absolute atomic E-state index is 6.31. The molecule has 5 heteroatoms. The van der Waals surface area contributed by atoms with Crippen molar-refractivity contribution in [1.82, 2.24) is 9.97 Å². The fourth-order valence-corrected chi connectivity index (χ4v) is 2.66. The van der Waals surface area contributed by atoms with Crippen molar-refractivity contribution in [2.45, 2.75) is 39.5 Å². The molecular weight excluding hydrogens is 250 g/mol. The Labute approximate surface area is 122 Å². The highest BCUT2D eigenvalue weighted by Gasteiger charge is 2.21. The van der Waals surface area contributed by atoms with Crippen molar-refractivity contribution in [3.8, 4) is 0 Å². The van der Waals surface area contributed by atoms with Gasteiger partial charge in [0.25, 0.3) is 0 Å². The molecule has 0 atom stereocenters. The molecule has 1 aromatic rings. The SMILES string of the molecule is CCCCN(C)c1ncnc(N2CCC(C)CC2)c1N. The Morgan fingerprint density at radius 3 is 2.70 bits per heavy atom. The minimum absolute atomic E-state index is 0.723. The molecule has 0 radical (unpaired) electrons. The smallest absolute Gasteiger partial charge is 0.157 e. The third-order valence-corrected chi connectivity index (χ3v) is 4.13. The molecule has 0 bridgehead atoms. The first-order chi connectivity index (χ1) is 9.63. The fourth-order valence-electron chi connectivity index (χ4n) is 2.66. The lowest BCUT2D eigenvalue weighted by atomic mass is 9.99. The number of unbranched alkanes of at least 4 members (excludes halogenated alkanes) is 1. The van der Waals surface area contributed by atoms with E-state index >= 15 is 0 Å². The maximum atomic E-state index is 6.31. The Hall–Kier alpha value is -1.52. The summed E-state index contributed by atoms with van der Waals surface area (Å²) in [7, 11) is 2.05. The molecule has 1 aromatic heterocycles. The Balaban J connectivity index is 2.14. The van der Waals surface area contributed by atoms with E-state index in [9.17, 15) is 0 Å². The topological polar surface area (TPSA) is 58.3 Å². The normalized spacial score (nSPS) is 16.4. The Morgan fingerprint density at radius 2 is 2.05 bits per heavy atom. The lowest BCUT2D eigenvalue weighted by Gasteiger charge is -2.32. The van der Waals surface area contributed by atoms with Crippen LogP contribution in [-0.4, -0.2) is 36.6 Å². The van der Waals surface area contributed by atoms with Crippen molar-refractivity contribution in [3.63, 3.8) is 0 Å². The second kappa shape index (κ2) is 6.77. The molecule has 0 unspecified atom stereocenters. The van der Waals surface area contributed by atoms with E-state index in [1.807, 2.05) is 0 Å². The quantitative estimate of drug-likeness (QED) is 0.896. The molecule has 1 aliphatic rings. The number of hydrogen-bond donors (Lipinski definition) is 1. The summed E-state index contributed by atoms with van der Waals surface area (Å²) in [5, 5.41) is 0. The molecule has 2 heterocycles. The van der Waals surface area contributed by atoms with Crippen LogP contribution < -0.4 is 15.5 Å². The van der Waals surface area contributed by atoms with Gasteiger partial charge in [0.05, 0.1) is 0 Å². The van der Waals surface area contributed by atoms with Crippen molar-refractivity contribution < 1.29 is 0 Å². The van der Waals surface area contributed by atoms with E-state index in [0.717, 1.165) is 49.3 Å². The number of hydrogen-bond acceptors (Lipinski definition) is 5. The van der Waals surface area contributed by atoms with E-state index in [2.05, 4.69) is 40.7 Å². The summed E-state index contributed by atoms with van der Waals surface area (Å²) in [6, 6.07) is 0. The summed E-state index contributed by atoms with van der Waals surface area (Å²) in [6.07, 6.45) is 6.39. The van der Waals surface area contributed by atoms with Crippen LogP contribution in [0.3, 0.4) is 0 Å². The molecule has 20 heavy (non-hydrogen) atoms. The summed E-state index contributed by atoms with van der Waals surface area (Å²) in [5.74, 6) is 2.58. The number of aromatic nitrogens is 2. The largest absolute Gasteiger partial charge is 0.393 e. The molecule has 1 aliphatic heterocycles. The monoisotopic (exact) mass is 277 g/mol. The first-order valence-electron chi connectivity index (χ1n) is 7.70. The lowest BCUT2D eigenvalue weighted by molar-refractivity contribution is 0.437. The lowest BCUT2D eigenvalue weighted by Crippen LogP contribution is -2.34. The standard InChI is InChI=1S/C15H27N5/c1-4-5-8-19(3)14-13(16)15(18-11-17-14)20-9-6-12(2)7-10-20/h11-12H,4-10,16H2,1-3H3. The van der Waals surface area contributed by atoms with E-state index in [-0.39, 0.29) is 0 Å². The molecule has 1 fully saturated rings. The first-order valence-corrected chi connectivity index (χ1v) is 7.70. The van der Waals surface area contributed by atoms with Crippen LogP contribution in [0.1, 0.15) is 39.5 Å². The van der Waals surface area contributed by atoms with Crippen molar-refractivity contribution in [2.75, 3.05) is 42.2 Å². The first kappa shape index (κ1) is 14.9. The predicted molar refractivity (Wildman–Crippen MR) is 85.2 cm³/mol. The summed E-state index contributed by atoms with van der Waals surface area (Å²) in [6.45, 7) is 7.57. The highest BCUT2D eigenvalue weighted by atomic mass is 15.2. The van der Waals surface area contributed by atoms with Crippen LogP contribution in [-0.2, 0) is 0 Å². The molecule has 0 aromatic carbocycles. The van der Waals surface area contributed by atoms with Crippen molar-refractivity contribution in [3.05, 3.63) is 6.33 Å². The summed E-state index contributed by atoms with van der Waals surface area (Å²) >= 11 is 0.